The van der Waals surface area contributed by atoms with Crippen LogP contribution in [0.25, 0.3) is 46.4 Å². The maximum Gasteiger partial charge on any atom is 0.266 e. The van der Waals surface area contributed by atoms with Gasteiger partial charge in [-0.15, -0.1) is 60.9 Å². The Labute approximate surface area is 300 Å². The van der Waals surface area contributed by atoms with E-state index >= 15 is 0 Å². The van der Waals surface area contributed by atoms with E-state index < -0.39 is 13.1 Å². The zero-order valence-electron chi connectivity index (χ0n) is 27.4. The van der Waals surface area contributed by atoms with Crippen molar-refractivity contribution in [1.82, 2.24) is 19.9 Å². The molecule has 0 aliphatic carbocycles. The molecule has 50 heavy (non-hydrogen) atoms. The maximum atomic E-state index is 4.62. The predicted octanol–water partition coefficient (Wildman–Crippen LogP) is 8.14. The van der Waals surface area contributed by atoms with Crippen molar-refractivity contribution in [2.45, 2.75) is 0 Å². The molecule has 4 aromatic carbocycles. The van der Waals surface area contributed by atoms with Crippen molar-refractivity contribution in [3.05, 3.63) is 193 Å². The van der Waals surface area contributed by atoms with Crippen LogP contribution in [0.4, 0.5) is 0 Å². The second kappa shape index (κ2) is 14.8. The van der Waals surface area contributed by atoms with E-state index in [0.29, 0.717) is 0 Å². The van der Waals surface area contributed by atoms with Crippen molar-refractivity contribution in [3.63, 3.8) is 0 Å². The minimum atomic E-state index is -2.69. The molecule has 0 saturated heterocycles. The molecule has 6 heteroatoms. The fraction of sp³-hybridized carbons (Fsp3) is 0. The zero-order valence-corrected chi connectivity index (χ0v) is 29.3. The molecule has 2 N–H and O–H groups in total. The lowest BCUT2D eigenvalue weighted by molar-refractivity contribution is 1.28. The van der Waals surface area contributed by atoms with Crippen LogP contribution >= 0.6 is 12.4 Å². The lowest BCUT2D eigenvalue weighted by atomic mass is 10.3. The molecule has 2 aliphatic heterocycles. The summed E-state index contributed by atoms with van der Waals surface area (Å²) in [6.07, 6.45) is 8.05. The van der Waals surface area contributed by atoms with Gasteiger partial charge in [0, 0.05) is 22.1 Å². The third kappa shape index (κ3) is 6.90. The van der Waals surface area contributed by atoms with E-state index in [1.165, 1.54) is 17.7 Å². The summed E-state index contributed by atoms with van der Waals surface area (Å²) >= 11 is -2.69. The first kappa shape index (κ1) is 32.8. The number of aromatic amines is 2. The standard InChI is InChI=1S/C20H14N4.4C6H5.Al.ClH/c1-2-14-10-16-5-6-18(23-16)12-20-8-7-19(24-20)11-17-4-3-15(22-17)9-13(1)21-14;4*1-2-4-6-5-3-1;;/h1-12,21-22H;4*1-5H;;1H/q;;;;;-1;. The minimum absolute atomic E-state index is 0. The Bertz CT molecular complexity index is 2180. The Morgan fingerprint density at radius 1 is 0.320 bits per heavy atom. The number of nitrogens with one attached hydrogen (secondary N) is 2. The summed E-state index contributed by atoms with van der Waals surface area (Å²) in [5.41, 5.74) is 7.86. The second-order valence-electron chi connectivity index (χ2n) is 12.4. The third-order valence-corrected chi connectivity index (χ3v) is 14.8. The molecule has 5 heterocycles. The largest absolute Gasteiger partial charge is 0.355 e. The molecular weight excluding hydrogens is 647 g/mol. The second-order valence-corrected chi connectivity index (χ2v) is 16.8. The SMILES string of the molecule is C1=Cc2cc3ccc(cc4ccc(cc5nc(cc1n2)C=C5)[nH]4)[nH]3.Cl.c1cc[c]([Al-]([c]2ccccc2)([c]2ccccc2)[c]2ccccc2)cc1. The summed E-state index contributed by atoms with van der Waals surface area (Å²) in [7, 11) is 0. The van der Waals surface area contributed by atoms with Gasteiger partial charge in [-0.25, -0.2) is 27.7 Å². The summed E-state index contributed by atoms with van der Waals surface area (Å²) < 4.78 is 5.77. The Balaban J connectivity index is 0.000000154. The number of aromatic nitrogens is 4. The first-order valence-corrected chi connectivity index (χ1v) is 19.0. The number of hydrogen-bond acceptors (Lipinski definition) is 2. The predicted molar refractivity (Wildman–Crippen MR) is 216 cm³/mol. The van der Waals surface area contributed by atoms with Gasteiger partial charge in [-0.2, -0.15) is 0 Å². The molecule has 0 atom stereocenters. The molecule has 4 nitrogen and oxygen atoms in total. The van der Waals surface area contributed by atoms with Crippen LogP contribution < -0.4 is 17.7 Å². The highest BCUT2D eigenvalue weighted by Gasteiger charge is 2.36. The number of fused-ring (bicyclic) bond motifs is 8. The van der Waals surface area contributed by atoms with Crippen LogP contribution in [0.2, 0.25) is 0 Å². The van der Waals surface area contributed by atoms with E-state index in [-0.39, 0.29) is 12.4 Å². The summed E-state index contributed by atoms with van der Waals surface area (Å²) in [4.78, 5) is 16.0. The Kier molecular flexibility index (Phi) is 9.73. The van der Waals surface area contributed by atoms with Gasteiger partial charge in [0.05, 0.1) is 22.8 Å². The molecule has 0 spiro atoms. The van der Waals surface area contributed by atoms with Gasteiger partial charge in [0.2, 0.25) is 0 Å². The maximum absolute atomic E-state index is 4.62. The van der Waals surface area contributed by atoms with E-state index in [1.807, 2.05) is 42.5 Å². The van der Waals surface area contributed by atoms with Gasteiger partial charge in [0.25, 0.3) is 13.1 Å². The van der Waals surface area contributed by atoms with Crippen LogP contribution in [-0.2, 0) is 0 Å². The average molecular weight is 682 g/mol. The number of halogens is 1. The Morgan fingerprint density at radius 3 is 0.920 bits per heavy atom. The van der Waals surface area contributed by atoms with Crippen molar-refractivity contribution in [3.8, 4) is 0 Å². The van der Waals surface area contributed by atoms with E-state index in [9.17, 15) is 0 Å². The van der Waals surface area contributed by atoms with Gasteiger partial charge in [-0.1, -0.05) is 72.8 Å². The molecule has 242 valence electrons. The number of benzene rings is 4. The lowest BCUT2D eigenvalue weighted by Gasteiger charge is -2.40. The van der Waals surface area contributed by atoms with Crippen LogP contribution in [-0.4, -0.2) is 33.0 Å². The number of nitrogens with zero attached hydrogens (tertiary/aromatic N) is 2. The van der Waals surface area contributed by atoms with Crippen LogP contribution in [0.15, 0.2) is 170 Å². The Hall–Kier alpha value is -5.70. The molecule has 7 aromatic rings. The highest BCUT2D eigenvalue weighted by Crippen LogP contribution is 2.17. The molecule has 0 amide bonds. The number of hydrogen-bond donors (Lipinski definition) is 2. The number of H-pyrrole nitrogens is 2. The van der Waals surface area contributed by atoms with Crippen molar-refractivity contribution in [2.75, 3.05) is 0 Å². The smallest absolute Gasteiger partial charge is 0.266 e. The van der Waals surface area contributed by atoms with Crippen molar-refractivity contribution in [1.29, 1.82) is 0 Å². The van der Waals surface area contributed by atoms with Gasteiger partial charge in [0.1, 0.15) is 0 Å². The van der Waals surface area contributed by atoms with Crippen LogP contribution in [0.3, 0.4) is 0 Å². The van der Waals surface area contributed by atoms with E-state index in [1.54, 1.807) is 0 Å². The molecule has 0 unspecified atom stereocenters. The quantitative estimate of drug-likeness (QED) is 0.184. The fourth-order valence-corrected chi connectivity index (χ4v) is 12.6. The monoisotopic (exact) mass is 681 g/mol. The van der Waals surface area contributed by atoms with E-state index in [4.69, 9.17) is 0 Å². The van der Waals surface area contributed by atoms with Gasteiger partial charge in [-0.3, -0.25) is 0 Å². The first-order chi connectivity index (χ1) is 24.2. The molecule has 0 radical (unpaired) electrons. The van der Waals surface area contributed by atoms with Crippen LogP contribution in [0, 0.1) is 0 Å². The third-order valence-electron chi connectivity index (χ3n) is 9.24. The molecule has 2 aliphatic rings. The molecule has 8 bridgehead atoms. The fourth-order valence-electron chi connectivity index (χ4n) is 7.07. The lowest BCUT2D eigenvalue weighted by Crippen LogP contribution is -2.74. The summed E-state index contributed by atoms with van der Waals surface area (Å²) in [6.45, 7) is 0. The number of rotatable bonds is 4. The van der Waals surface area contributed by atoms with Gasteiger partial charge in [-0.05, 0) is 72.8 Å². The average Bonchev–Trinajstić information content (AvgIpc) is 3.98. The molecule has 0 fully saturated rings. The topological polar surface area (TPSA) is 57.4 Å². The molecule has 9 rings (SSSR count). The van der Waals surface area contributed by atoms with Gasteiger partial charge >= 0.3 is 0 Å². The Morgan fingerprint density at radius 2 is 0.600 bits per heavy atom. The van der Waals surface area contributed by atoms with Crippen molar-refractivity contribution in [2.24, 2.45) is 0 Å². The van der Waals surface area contributed by atoms with Crippen molar-refractivity contribution < 1.29 is 0 Å². The van der Waals surface area contributed by atoms with Crippen LogP contribution in [0.5, 0.6) is 0 Å². The molecular formula is C44H35AlClN4-. The highest BCUT2D eigenvalue weighted by atomic mass is 35.5. The zero-order chi connectivity index (χ0) is 32.9. The van der Waals surface area contributed by atoms with Crippen molar-refractivity contribution >= 4 is 89.6 Å². The highest BCUT2D eigenvalue weighted by molar-refractivity contribution is 7.19. The van der Waals surface area contributed by atoms with Gasteiger partial charge < -0.3 is 9.97 Å². The van der Waals surface area contributed by atoms with Crippen LogP contribution in [0.1, 0.15) is 22.8 Å². The molecule has 0 saturated carbocycles. The first-order valence-electron chi connectivity index (χ1n) is 16.6. The van der Waals surface area contributed by atoms with E-state index in [0.717, 1.165) is 44.8 Å². The minimum Gasteiger partial charge on any atom is -0.355 e. The van der Waals surface area contributed by atoms with E-state index in [2.05, 4.69) is 172 Å². The summed E-state index contributed by atoms with van der Waals surface area (Å²) in [6, 6.07) is 60.6. The van der Waals surface area contributed by atoms with Gasteiger partial charge in [0.15, 0.2) is 0 Å². The summed E-state index contributed by atoms with van der Waals surface area (Å²) in [5.74, 6) is 0. The normalized spacial score (nSPS) is 11.7. The molecule has 3 aromatic heterocycles. The summed E-state index contributed by atoms with van der Waals surface area (Å²) in [5, 5.41) is 0.